The SMILES string of the molecule is CCn1cc(NCc2cccc(OC(C)C)c2)cn1. The predicted molar refractivity (Wildman–Crippen MR) is 77.4 cm³/mol. The van der Waals surface area contributed by atoms with Gasteiger partial charge >= 0.3 is 0 Å². The average molecular weight is 259 g/mol. The van der Waals surface area contributed by atoms with Gasteiger partial charge in [-0.3, -0.25) is 4.68 Å². The molecule has 1 N–H and O–H groups in total. The summed E-state index contributed by atoms with van der Waals surface area (Å²) in [6, 6.07) is 8.16. The van der Waals surface area contributed by atoms with Crippen LogP contribution in [0.5, 0.6) is 5.75 Å². The summed E-state index contributed by atoms with van der Waals surface area (Å²) < 4.78 is 7.59. The number of hydrogen-bond donors (Lipinski definition) is 1. The second kappa shape index (κ2) is 6.27. The molecule has 0 bridgehead atoms. The Bertz CT molecular complexity index is 520. The van der Waals surface area contributed by atoms with E-state index in [0.717, 1.165) is 24.5 Å². The van der Waals surface area contributed by atoms with Crippen LogP contribution >= 0.6 is 0 Å². The van der Waals surface area contributed by atoms with Gasteiger partial charge in [-0.2, -0.15) is 5.10 Å². The van der Waals surface area contributed by atoms with E-state index in [1.54, 1.807) is 0 Å². The summed E-state index contributed by atoms with van der Waals surface area (Å²) in [5.74, 6) is 0.915. The van der Waals surface area contributed by atoms with E-state index < -0.39 is 0 Å². The van der Waals surface area contributed by atoms with E-state index in [1.165, 1.54) is 5.56 Å². The third-order valence-electron chi connectivity index (χ3n) is 2.72. The summed E-state index contributed by atoms with van der Waals surface area (Å²) in [5.41, 5.74) is 2.24. The number of anilines is 1. The first-order valence-corrected chi connectivity index (χ1v) is 6.69. The van der Waals surface area contributed by atoms with Crippen LogP contribution in [0.25, 0.3) is 0 Å². The summed E-state index contributed by atoms with van der Waals surface area (Å²) >= 11 is 0. The van der Waals surface area contributed by atoms with Gasteiger partial charge in [-0.1, -0.05) is 12.1 Å². The van der Waals surface area contributed by atoms with Crippen LogP contribution < -0.4 is 10.1 Å². The molecule has 0 aliphatic rings. The highest BCUT2D eigenvalue weighted by Crippen LogP contribution is 2.16. The van der Waals surface area contributed by atoms with E-state index in [4.69, 9.17) is 4.74 Å². The third kappa shape index (κ3) is 4.02. The quantitative estimate of drug-likeness (QED) is 0.865. The van der Waals surface area contributed by atoms with Crippen molar-refractivity contribution >= 4 is 5.69 Å². The van der Waals surface area contributed by atoms with E-state index in [0.29, 0.717) is 0 Å². The first-order valence-electron chi connectivity index (χ1n) is 6.69. The first-order chi connectivity index (χ1) is 9.17. The maximum Gasteiger partial charge on any atom is 0.120 e. The summed E-state index contributed by atoms with van der Waals surface area (Å²) in [6.07, 6.45) is 4.05. The summed E-state index contributed by atoms with van der Waals surface area (Å²) in [6.45, 7) is 7.79. The second-order valence-electron chi connectivity index (χ2n) is 4.75. The summed E-state index contributed by atoms with van der Waals surface area (Å²) in [7, 11) is 0. The minimum Gasteiger partial charge on any atom is -0.491 e. The molecule has 0 amide bonds. The number of ether oxygens (including phenoxy) is 1. The smallest absolute Gasteiger partial charge is 0.120 e. The zero-order chi connectivity index (χ0) is 13.7. The number of rotatable bonds is 6. The third-order valence-corrected chi connectivity index (χ3v) is 2.72. The fourth-order valence-electron chi connectivity index (χ4n) is 1.83. The normalized spacial score (nSPS) is 10.7. The number of aryl methyl sites for hydroxylation is 1. The van der Waals surface area contributed by atoms with Crippen molar-refractivity contribution in [1.82, 2.24) is 9.78 Å². The van der Waals surface area contributed by atoms with Gasteiger partial charge < -0.3 is 10.1 Å². The van der Waals surface area contributed by atoms with Crippen LogP contribution in [0.3, 0.4) is 0 Å². The maximum atomic E-state index is 5.68. The van der Waals surface area contributed by atoms with Crippen LogP contribution in [0.15, 0.2) is 36.7 Å². The molecule has 4 heteroatoms. The Morgan fingerprint density at radius 3 is 2.89 bits per heavy atom. The second-order valence-corrected chi connectivity index (χ2v) is 4.75. The molecule has 2 aromatic rings. The number of benzene rings is 1. The molecule has 0 aliphatic carbocycles. The van der Waals surface area contributed by atoms with Crippen molar-refractivity contribution < 1.29 is 4.74 Å². The van der Waals surface area contributed by atoms with Gasteiger partial charge in [0.2, 0.25) is 0 Å². The van der Waals surface area contributed by atoms with E-state index in [2.05, 4.69) is 29.5 Å². The topological polar surface area (TPSA) is 39.1 Å². The van der Waals surface area contributed by atoms with Crippen molar-refractivity contribution in [2.45, 2.75) is 40.0 Å². The van der Waals surface area contributed by atoms with Crippen molar-refractivity contribution in [3.63, 3.8) is 0 Å². The summed E-state index contributed by atoms with van der Waals surface area (Å²) in [5, 5.41) is 7.59. The van der Waals surface area contributed by atoms with Gasteiger partial charge in [-0.25, -0.2) is 0 Å². The number of aromatic nitrogens is 2. The average Bonchev–Trinajstić information content (AvgIpc) is 2.84. The Morgan fingerprint density at radius 1 is 1.37 bits per heavy atom. The van der Waals surface area contributed by atoms with Gasteiger partial charge in [0.05, 0.1) is 18.0 Å². The minimum absolute atomic E-state index is 0.200. The molecule has 0 radical (unpaired) electrons. The Labute approximate surface area is 114 Å². The maximum absolute atomic E-state index is 5.68. The fraction of sp³-hybridized carbons (Fsp3) is 0.400. The largest absolute Gasteiger partial charge is 0.491 e. The highest BCUT2D eigenvalue weighted by molar-refractivity contribution is 5.40. The molecule has 0 saturated carbocycles. The van der Waals surface area contributed by atoms with E-state index in [-0.39, 0.29) is 6.10 Å². The van der Waals surface area contributed by atoms with Crippen molar-refractivity contribution in [3.05, 3.63) is 42.2 Å². The molecule has 0 spiro atoms. The Hall–Kier alpha value is -1.97. The Kier molecular flexibility index (Phi) is 4.44. The van der Waals surface area contributed by atoms with Crippen molar-refractivity contribution in [2.24, 2.45) is 0 Å². The molecular weight excluding hydrogens is 238 g/mol. The van der Waals surface area contributed by atoms with Crippen LogP contribution in [0, 0.1) is 0 Å². The Morgan fingerprint density at radius 2 is 2.21 bits per heavy atom. The first kappa shape index (κ1) is 13.5. The zero-order valence-corrected chi connectivity index (χ0v) is 11.8. The number of nitrogens with zero attached hydrogens (tertiary/aromatic N) is 2. The van der Waals surface area contributed by atoms with Gasteiger partial charge in [-0.15, -0.1) is 0 Å². The summed E-state index contributed by atoms with van der Waals surface area (Å²) in [4.78, 5) is 0. The van der Waals surface area contributed by atoms with E-state index in [1.807, 2.05) is 43.1 Å². The van der Waals surface area contributed by atoms with Crippen LogP contribution in [0.1, 0.15) is 26.3 Å². The lowest BCUT2D eigenvalue weighted by Gasteiger charge is -2.11. The molecule has 0 fully saturated rings. The molecule has 1 heterocycles. The molecule has 1 aromatic heterocycles. The van der Waals surface area contributed by atoms with Gasteiger partial charge in [0.1, 0.15) is 5.75 Å². The highest BCUT2D eigenvalue weighted by atomic mass is 16.5. The number of nitrogens with one attached hydrogen (secondary N) is 1. The molecule has 4 nitrogen and oxygen atoms in total. The molecule has 0 saturated heterocycles. The molecule has 102 valence electrons. The van der Waals surface area contributed by atoms with Gasteiger partial charge in [0.15, 0.2) is 0 Å². The van der Waals surface area contributed by atoms with E-state index >= 15 is 0 Å². The highest BCUT2D eigenvalue weighted by Gasteiger charge is 2.01. The monoisotopic (exact) mass is 259 g/mol. The van der Waals surface area contributed by atoms with Gasteiger partial charge in [0.25, 0.3) is 0 Å². The fourth-order valence-corrected chi connectivity index (χ4v) is 1.83. The molecule has 0 aliphatic heterocycles. The van der Waals surface area contributed by atoms with Crippen LogP contribution in [0.2, 0.25) is 0 Å². The van der Waals surface area contributed by atoms with Gasteiger partial charge in [-0.05, 0) is 38.5 Å². The van der Waals surface area contributed by atoms with Crippen molar-refractivity contribution in [2.75, 3.05) is 5.32 Å². The predicted octanol–water partition coefficient (Wildman–Crippen LogP) is 3.30. The lowest BCUT2D eigenvalue weighted by Crippen LogP contribution is -2.06. The number of hydrogen-bond acceptors (Lipinski definition) is 3. The van der Waals surface area contributed by atoms with E-state index in [9.17, 15) is 0 Å². The molecule has 2 rings (SSSR count). The molecule has 19 heavy (non-hydrogen) atoms. The molecule has 0 unspecified atom stereocenters. The van der Waals surface area contributed by atoms with Crippen LogP contribution in [-0.2, 0) is 13.1 Å². The van der Waals surface area contributed by atoms with Crippen molar-refractivity contribution in [3.8, 4) is 5.75 Å². The van der Waals surface area contributed by atoms with Crippen molar-refractivity contribution in [1.29, 1.82) is 0 Å². The minimum atomic E-state index is 0.200. The molecule has 0 atom stereocenters. The standard InChI is InChI=1S/C15H21N3O/c1-4-18-11-14(10-17-18)16-9-13-6-5-7-15(8-13)19-12(2)3/h5-8,10-12,16H,4,9H2,1-3H3. The lowest BCUT2D eigenvalue weighted by molar-refractivity contribution is 0.242. The zero-order valence-electron chi connectivity index (χ0n) is 11.8. The lowest BCUT2D eigenvalue weighted by atomic mass is 10.2. The van der Waals surface area contributed by atoms with Gasteiger partial charge in [0, 0.05) is 19.3 Å². The molecular formula is C15H21N3O. The Balaban J connectivity index is 1.95. The van der Waals surface area contributed by atoms with Crippen LogP contribution in [-0.4, -0.2) is 15.9 Å². The van der Waals surface area contributed by atoms with Crippen LogP contribution in [0.4, 0.5) is 5.69 Å². The molecule has 1 aromatic carbocycles.